The number of aromatic nitrogens is 2. The fourth-order valence-electron chi connectivity index (χ4n) is 3.35. The first-order valence-electron chi connectivity index (χ1n) is 10.1. The van der Waals surface area contributed by atoms with Gasteiger partial charge in [0.05, 0.1) is 10.5 Å². The summed E-state index contributed by atoms with van der Waals surface area (Å²) in [7, 11) is -3.62. The van der Waals surface area contributed by atoms with Crippen LogP contribution >= 0.6 is 0 Å². The molecule has 1 unspecified atom stereocenters. The highest BCUT2D eigenvalue weighted by Gasteiger charge is 2.28. The summed E-state index contributed by atoms with van der Waals surface area (Å²) in [5, 5.41) is 7.99. The zero-order chi connectivity index (χ0) is 22.0. The molecule has 162 valence electrons. The minimum Gasteiger partial charge on any atom is -0.449 e. The predicted octanol–water partition coefficient (Wildman–Crippen LogP) is 3.75. The molecule has 1 aromatic heterocycles. The third kappa shape index (κ3) is 4.52. The van der Waals surface area contributed by atoms with Crippen molar-refractivity contribution in [3.8, 4) is 11.5 Å². The van der Waals surface area contributed by atoms with Crippen molar-refractivity contribution in [3.05, 3.63) is 65.5 Å². The number of aryl methyl sites for hydroxylation is 1. The molecule has 0 radical (unpaired) electrons. The number of hydrogen-bond acceptors (Lipinski definition) is 7. The molecule has 1 saturated heterocycles. The van der Waals surface area contributed by atoms with Gasteiger partial charge in [0.2, 0.25) is 15.9 Å². The van der Waals surface area contributed by atoms with E-state index in [1.54, 1.807) is 6.92 Å². The molecular weight excluding hydrogens is 418 g/mol. The summed E-state index contributed by atoms with van der Waals surface area (Å²) in [5.41, 5.74) is 2.02. The summed E-state index contributed by atoms with van der Waals surface area (Å²) in [6.07, 6.45) is 0.888. The fraction of sp³-hybridized carbons (Fsp3) is 0.318. The maximum atomic E-state index is 12.8. The zero-order valence-corrected chi connectivity index (χ0v) is 18.1. The topological polar surface area (TPSA) is 103 Å². The fourth-order valence-corrected chi connectivity index (χ4v) is 4.92. The first-order valence-corrected chi connectivity index (χ1v) is 11.5. The Labute approximate surface area is 180 Å². The maximum Gasteiger partial charge on any atom is 0.338 e. The van der Waals surface area contributed by atoms with E-state index in [1.165, 1.54) is 28.6 Å². The molecule has 0 saturated carbocycles. The van der Waals surface area contributed by atoms with Gasteiger partial charge >= 0.3 is 5.97 Å². The summed E-state index contributed by atoms with van der Waals surface area (Å²) in [4.78, 5) is 12.7. The van der Waals surface area contributed by atoms with Gasteiger partial charge in [-0.2, -0.15) is 4.31 Å². The van der Waals surface area contributed by atoms with Crippen LogP contribution in [0.4, 0.5) is 0 Å². The van der Waals surface area contributed by atoms with E-state index in [0.717, 1.165) is 24.0 Å². The number of sulfonamides is 1. The minimum atomic E-state index is -3.62. The molecule has 9 heteroatoms. The molecule has 8 nitrogen and oxygen atoms in total. The first-order chi connectivity index (χ1) is 14.8. The Kier molecular flexibility index (Phi) is 5.88. The van der Waals surface area contributed by atoms with Crippen molar-refractivity contribution < 1.29 is 22.4 Å². The summed E-state index contributed by atoms with van der Waals surface area (Å²) >= 11 is 0. The lowest BCUT2D eigenvalue weighted by Crippen LogP contribution is -2.28. The first kappa shape index (κ1) is 21.2. The molecule has 0 bridgehead atoms. The molecule has 1 atom stereocenters. The minimum absolute atomic E-state index is 0.0796. The van der Waals surface area contributed by atoms with Crippen LogP contribution in [0.5, 0.6) is 0 Å². The summed E-state index contributed by atoms with van der Waals surface area (Å²) in [6.45, 7) is 4.59. The number of rotatable bonds is 6. The number of nitrogens with zero attached hydrogens (tertiary/aromatic N) is 3. The number of benzene rings is 2. The lowest BCUT2D eigenvalue weighted by molar-refractivity contribution is 0.0279. The van der Waals surface area contributed by atoms with E-state index in [1.807, 2.05) is 31.2 Å². The van der Waals surface area contributed by atoms with Crippen molar-refractivity contribution >= 4 is 16.0 Å². The summed E-state index contributed by atoms with van der Waals surface area (Å²) in [5.74, 6) is -0.178. The molecule has 4 rings (SSSR count). The van der Waals surface area contributed by atoms with Gasteiger partial charge in [-0.1, -0.05) is 23.8 Å². The number of hydrogen-bond donors (Lipinski definition) is 0. The van der Waals surface area contributed by atoms with Crippen LogP contribution < -0.4 is 0 Å². The predicted molar refractivity (Wildman–Crippen MR) is 113 cm³/mol. The van der Waals surface area contributed by atoms with Crippen molar-refractivity contribution in [3.63, 3.8) is 0 Å². The zero-order valence-electron chi connectivity index (χ0n) is 17.3. The van der Waals surface area contributed by atoms with E-state index in [0.29, 0.717) is 19.0 Å². The van der Waals surface area contributed by atoms with Crippen LogP contribution in [0.3, 0.4) is 0 Å². The van der Waals surface area contributed by atoms with E-state index in [2.05, 4.69) is 10.2 Å². The van der Waals surface area contributed by atoms with Crippen molar-refractivity contribution in [1.82, 2.24) is 14.5 Å². The molecule has 0 N–H and O–H groups in total. The number of carbonyl (C=O) groups is 1. The highest BCUT2D eigenvalue weighted by atomic mass is 32.2. The normalized spacial score (nSPS) is 15.7. The Morgan fingerprint density at radius 2 is 1.81 bits per heavy atom. The van der Waals surface area contributed by atoms with Crippen LogP contribution in [0.1, 0.15) is 47.7 Å². The lowest BCUT2D eigenvalue weighted by Gasteiger charge is -2.16. The second-order valence-corrected chi connectivity index (χ2v) is 9.44. The Morgan fingerprint density at radius 1 is 1.10 bits per heavy atom. The van der Waals surface area contributed by atoms with Gasteiger partial charge in [0.25, 0.3) is 5.89 Å². The Morgan fingerprint density at radius 3 is 2.52 bits per heavy atom. The van der Waals surface area contributed by atoms with Gasteiger partial charge in [-0.05, 0) is 57.0 Å². The van der Waals surface area contributed by atoms with Crippen LogP contribution in [-0.2, 0) is 14.8 Å². The monoisotopic (exact) mass is 441 g/mol. The number of ether oxygens (including phenoxy) is 1. The van der Waals surface area contributed by atoms with E-state index in [-0.39, 0.29) is 16.3 Å². The number of carbonyl (C=O) groups excluding carboxylic acids is 1. The van der Waals surface area contributed by atoms with Crippen LogP contribution in [0.2, 0.25) is 0 Å². The molecule has 1 fully saturated rings. The van der Waals surface area contributed by atoms with Gasteiger partial charge in [-0.3, -0.25) is 0 Å². The molecule has 31 heavy (non-hydrogen) atoms. The van der Waals surface area contributed by atoms with Crippen LogP contribution in [0.25, 0.3) is 11.5 Å². The van der Waals surface area contributed by atoms with E-state index in [4.69, 9.17) is 9.15 Å². The average Bonchev–Trinajstić information content (AvgIpc) is 3.47. The van der Waals surface area contributed by atoms with Crippen LogP contribution in [0, 0.1) is 6.92 Å². The van der Waals surface area contributed by atoms with Crippen molar-refractivity contribution in [2.75, 3.05) is 13.1 Å². The molecular formula is C22H23N3O5S. The van der Waals surface area contributed by atoms with E-state index >= 15 is 0 Å². The summed E-state index contributed by atoms with van der Waals surface area (Å²) in [6, 6.07) is 13.5. The maximum absolute atomic E-state index is 12.8. The highest BCUT2D eigenvalue weighted by Crippen LogP contribution is 2.25. The van der Waals surface area contributed by atoms with Gasteiger partial charge in [-0.25, -0.2) is 13.2 Å². The van der Waals surface area contributed by atoms with Crippen LogP contribution in [0.15, 0.2) is 57.8 Å². The van der Waals surface area contributed by atoms with Gasteiger partial charge < -0.3 is 9.15 Å². The van der Waals surface area contributed by atoms with E-state index < -0.39 is 22.1 Å². The number of esters is 1. The second kappa shape index (κ2) is 8.60. The largest absolute Gasteiger partial charge is 0.449 e. The highest BCUT2D eigenvalue weighted by molar-refractivity contribution is 7.89. The smallest absolute Gasteiger partial charge is 0.338 e. The lowest BCUT2D eigenvalue weighted by atomic mass is 10.1. The molecule has 0 aliphatic carbocycles. The average molecular weight is 442 g/mol. The SMILES string of the molecule is Cc1ccc(-c2nnc(C(C)OC(=O)c3cccc(S(=O)(=O)N4CCCC4)c3)o2)cc1. The molecule has 0 spiro atoms. The molecule has 2 heterocycles. The van der Waals surface area contributed by atoms with Crippen molar-refractivity contribution in [2.45, 2.75) is 37.7 Å². The van der Waals surface area contributed by atoms with Crippen molar-refractivity contribution in [1.29, 1.82) is 0 Å². The van der Waals surface area contributed by atoms with E-state index in [9.17, 15) is 13.2 Å². The quantitative estimate of drug-likeness (QED) is 0.537. The van der Waals surface area contributed by atoms with Gasteiger partial charge in [-0.15, -0.1) is 10.2 Å². The Balaban J connectivity index is 1.48. The standard InChI is InChI=1S/C22H23N3O5S/c1-15-8-10-17(11-9-15)21-24-23-20(30-21)16(2)29-22(26)18-6-5-7-19(14-18)31(27,28)25-12-3-4-13-25/h5-11,14,16H,3-4,12-13H2,1-2H3. The third-order valence-corrected chi connectivity index (χ3v) is 7.04. The molecule has 1 aliphatic heterocycles. The van der Waals surface area contributed by atoms with Crippen molar-refractivity contribution in [2.24, 2.45) is 0 Å². The second-order valence-electron chi connectivity index (χ2n) is 7.50. The molecule has 2 aromatic carbocycles. The van der Waals surface area contributed by atoms with Gasteiger partial charge in [0.15, 0.2) is 6.10 Å². The molecule has 1 aliphatic rings. The Hall–Kier alpha value is -3.04. The van der Waals surface area contributed by atoms with Gasteiger partial charge in [0.1, 0.15) is 0 Å². The van der Waals surface area contributed by atoms with Crippen LogP contribution in [-0.4, -0.2) is 42.0 Å². The van der Waals surface area contributed by atoms with Gasteiger partial charge in [0, 0.05) is 18.7 Å². The molecule has 3 aromatic rings. The Bertz CT molecular complexity index is 1180. The third-order valence-electron chi connectivity index (χ3n) is 5.14. The molecule has 0 amide bonds. The summed E-state index contributed by atoms with van der Waals surface area (Å²) < 4.78 is 38.0.